The van der Waals surface area contributed by atoms with Crippen LogP contribution in [0.2, 0.25) is 0 Å². The molecule has 1 N–H and O–H groups in total. The summed E-state index contributed by atoms with van der Waals surface area (Å²) in [5.74, 6) is 0.468. The Balaban J connectivity index is 1.67. The first-order chi connectivity index (χ1) is 13.0. The van der Waals surface area contributed by atoms with Crippen molar-refractivity contribution < 1.29 is 4.79 Å². The number of anilines is 2. The van der Waals surface area contributed by atoms with Crippen LogP contribution < -0.4 is 5.32 Å². The number of nitrogens with one attached hydrogen (secondary N) is 1. The number of benzene rings is 1. The van der Waals surface area contributed by atoms with E-state index >= 15 is 0 Å². The molecular formula is C21H23N5O. The number of aromatic nitrogens is 3. The molecule has 138 valence electrons. The maximum absolute atomic E-state index is 12.7. The molecule has 27 heavy (non-hydrogen) atoms. The molecule has 1 amide bonds. The fourth-order valence-electron chi connectivity index (χ4n) is 2.88. The van der Waals surface area contributed by atoms with E-state index in [2.05, 4.69) is 26.3 Å². The zero-order chi connectivity index (χ0) is 19.2. The molecule has 0 spiro atoms. The molecular weight excluding hydrogens is 338 g/mol. The van der Waals surface area contributed by atoms with Crippen molar-refractivity contribution in [2.45, 2.75) is 20.3 Å². The van der Waals surface area contributed by atoms with Gasteiger partial charge in [0.05, 0.1) is 0 Å². The lowest BCUT2D eigenvalue weighted by molar-refractivity contribution is 0.0790. The van der Waals surface area contributed by atoms with Crippen LogP contribution in [-0.4, -0.2) is 39.4 Å². The van der Waals surface area contributed by atoms with Gasteiger partial charge >= 0.3 is 0 Å². The van der Waals surface area contributed by atoms with Gasteiger partial charge in [-0.3, -0.25) is 9.78 Å². The lowest BCUT2D eigenvalue weighted by atomic mass is 10.1. The molecule has 3 aromatic rings. The van der Waals surface area contributed by atoms with E-state index in [9.17, 15) is 4.79 Å². The number of hydrogen-bond donors (Lipinski definition) is 1. The Morgan fingerprint density at radius 2 is 1.74 bits per heavy atom. The molecule has 6 heteroatoms. The second kappa shape index (κ2) is 8.40. The first-order valence-electron chi connectivity index (χ1n) is 8.83. The number of rotatable bonds is 6. The molecule has 0 unspecified atom stereocenters. The molecule has 0 aliphatic rings. The van der Waals surface area contributed by atoms with Crippen LogP contribution in [0.5, 0.6) is 0 Å². The van der Waals surface area contributed by atoms with Crippen LogP contribution >= 0.6 is 0 Å². The van der Waals surface area contributed by atoms with Gasteiger partial charge in [-0.2, -0.15) is 0 Å². The van der Waals surface area contributed by atoms with Crippen molar-refractivity contribution >= 4 is 17.4 Å². The molecule has 0 radical (unpaired) electrons. The number of nitrogens with zero attached hydrogens (tertiary/aromatic N) is 4. The van der Waals surface area contributed by atoms with Gasteiger partial charge in [0.25, 0.3) is 5.91 Å². The lowest BCUT2D eigenvalue weighted by Crippen LogP contribution is -2.29. The van der Waals surface area contributed by atoms with Crippen LogP contribution in [-0.2, 0) is 6.42 Å². The molecule has 1 aromatic carbocycles. The highest BCUT2D eigenvalue weighted by Crippen LogP contribution is 2.18. The summed E-state index contributed by atoms with van der Waals surface area (Å²) in [7, 11) is 1.78. The van der Waals surface area contributed by atoms with Gasteiger partial charge in [-0.05, 0) is 61.2 Å². The Hall–Kier alpha value is -3.28. The van der Waals surface area contributed by atoms with E-state index in [4.69, 9.17) is 0 Å². The Bertz CT molecular complexity index is 907. The molecule has 2 heterocycles. The molecule has 0 atom stereocenters. The lowest BCUT2D eigenvalue weighted by Gasteiger charge is -2.17. The number of carbonyl (C=O) groups excluding carboxylic acids is 1. The largest absolute Gasteiger partial charge is 0.340 e. The topological polar surface area (TPSA) is 71.0 Å². The van der Waals surface area contributed by atoms with Crippen LogP contribution in [0.15, 0.2) is 55.1 Å². The van der Waals surface area contributed by atoms with Gasteiger partial charge in [-0.25, -0.2) is 9.97 Å². The molecule has 2 aromatic heterocycles. The summed E-state index contributed by atoms with van der Waals surface area (Å²) < 4.78 is 0. The van der Waals surface area contributed by atoms with Gasteiger partial charge in [0, 0.05) is 37.7 Å². The Labute approximate surface area is 159 Å². The summed E-state index contributed by atoms with van der Waals surface area (Å²) in [5.41, 5.74) is 4.78. The quantitative estimate of drug-likeness (QED) is 0.727. The van der Waals surface area contributed by atoms with Gasteiger partial charge < -0.3 is 10.2 Å². The molecule has 0 saturated heterocycles. The molecule has 0 aliphatic carbocycles. The minimum absolute atomic E-state index is 0.130. The number of likely N-dealkylation sites (N-methyl/N-ethyl adjacent to an activating group) is 1. The Morgan fingerprint density at radius 3 is 2.44 bits per heavy atom. The highest BCUT2D eigenvalue weighted by atomic mass is 16.2. The van der Waals surface area contributed by atoms with E-state index in [0.29, 0.717) is 18.1 Å². The Kier molecular flexibility index (Phi) is 5.76. The van der Waals surface area contributed by atoms with Crippen LogP contribution in [0.4, 0.5) is 11.5 Å². The van der Waals surface area contributed by atoms with Crippen molar-refractivity contribution in [3.63, 3.8) is 0 Å². The SMILES string of the molecule is Cc1cc(C)cc(Nc2cc(C(=O)N(C)CCc3ccncc3)ncn2)c1. The first-order valence-corrected chi connectivity index (χ1v) is 8.83. The third-order valence-electron chi connectivity index (χ3n) is 4.21. The van der Waals surface area contributed by atoms with E-state index in [-0.39, 0.29) is 5.91 Å². The highest BCUT2D eigenvalue weighted by molar-refractivity contribution is 5.92. The van der Waals surface area contributed by atoms with Crippen molar-refractivity contribution in [1.82, 2.24) is 19.9 Å². The fraction of sp³-hybridized carbons (Fsp3) is 0.238. The highest BCUT2D eigenvalue weighted by Gasteiger charge is 2.14. The number of aryl methyl sites for hydroxylation is 2. The summed E-state index contributed by atoms with van der Waals surface area (Å²) in [6, 6.07) is 11.8. The maximum Gasteiger partial charge on any atom is 0.272 e. The second-order valence-electron chi connectivity index (χ2n) is 6.62. The normalized spacial score (nSPS) is 10.5. The Morgan fingerprint density at radius 1 is 1.04 bits per heavy atom. The molecule has 0 saturated carbocycles. The zero-order valence-corrected chi connectivity index (χ0v) is 15.8. The predicted octanol–water partition coefficient (Wildman–Crippen LogP) is 3.55. The van der Waals surface area contributed by atoms with Crippen molar-refractivity contribution in [3.05, 3.63) is 77.5 Å². The van der Waals surface area contributed by atoms with Crippen LogP contribution in [0.25, 0.3) is 0 Å². The standard InChI is InChI=1S/C21H23N5O/c1-15-10-16(2)12-18(11-15)25-20-13-19(23-14-24-20)21(27)26(3)9-6-17-4-7-22-8-5-17/h4-5,7-8,10-14H,6,9H2,1-3H3,(H,23,24,25). The zero-order valence-electron chi connectivity index (χ0n) is 15.8. The van der Waals surface area contributed by atoms with Gasteiger partial charge in [0.2, 0.25) is 0 Å². The minimum atomic E-state index is -0.130. The van der Waals surface area contributed by atoms with Crippen molar-refractivity contribution in [2.75, 3.05) is 18.9 Å². The smallest absolute Gasteiger partial charge is 0.272 e. The predicted molar refractivity (Wildman–Crippen MR) is 106 cm³/mol. The van der Waals surface area contributed by atoms with E-state index in [1.54, 1.807) is 30.4 Å². The molecule has 0 fully saturated rings. The van der Waals surface area contributed by atoms with Crippen molar-refractivity contribution in [3.8, 4) is 0 Å². The molecule has 0 aliphatic heterocycles. The van der Waals surface area contributed by atoms with E-state index in [1.807, 2.05) is 38.1 Å². The summed E-state index contributed by atoms with van der Waals surface area (Å²) in [6.45, 7) is 4.70. The van der Waals surface area contributed by atoms with E-state index in [1.165, 1.54) is 17.5 Å². The number of hydrogen-bond acceptors (Lipinski definition) is 5. The molecule has 6 nitrogen and oxygen atoms in total. The minimum Gasteiger partial charge on any atom is -0.340 e. The number of pyridine rings is 1. The fourth-order valence-corrected chi connectivity index (χ4v) is 2.88. The average Bonchev–Trinajstić information content (AvgIpc) is 2.65. The summed E-state index contributed by atoms with van der Waals surface area (Å²) in [4.78, 5) is 26.7. The third kappa shape index (κ3) is 5.10. The van der Waals surface area contributed by atoms with Crippen LogP contribution in [0, 0.1) is 13.8 Å². The maximum atomic E-state index is 12.7. The molecule has 0 bridgehead atoms. The summed E-state index contributed by atoms with van der Waals surface area (Å²) in [6.07, 6.45) is 5.69. The van der Waals surface area contributed by atoms with E-state index < -0.39 is 0 Å². The van der Waals surface area contributed by atoms with Gasteiger partial charge in [0.15, 0.2) is 0 Å². The summed E-state index contributed by atoms with van der Waals surface area (Å²) in [5, 5.41) is 3.25. The first kappa shape index (κ1) is 18.5. The average molecular weight is 361 g/mol. The van der Waals surface area contributed by atoms with Gasteiger partial charge in [-0.1, -0.05) is 6.07 Å². The van der Waals surface area contributed by atoms with Crippen molar-refractivity contribution in [1.29, 1.82) is 0 Å². The second-order valence-corrected chi connectivity index (χ2v) is 6.62. The van der Waals surface area contributed by atoms with Gasteiger partial charge in [0.1, 0.15) is 17.8 Å². The van der Waals surface area contributed by atoms with Crippen LogP contribution in [0.3, 0.4) is 0 Å². The molecule has 3 rings (SSSR count). The summed E-state index contributed by atoms with van der Waals surface area (Å²) >= 11 is 0. The van der Waals surface area contributed by atoms with E-state index in [0.717, 1.165) is 17.7 Å². The van der Waals surface area contributed by atoms with Crippen molar-refractivity contribution in [2.24, 2.45) is 0 Å². The third-order valence-corrected chi connectivity index (χ3v) is 4.21. The number of carbonyl (C=O) groups is 1. The number of amides is 1. The van der Waals surface area contributed by atoms with Gasteiger partial charge in [-0.15, -0.1) is 0 Å². The van der Waals surface area contributed by atoms with Crippen LogP contribution in [0.1, 0.15) is 27.2 Å². The monoisotopic (exact) mass is 361 g/mol.